The van der Waals surface area contributed by atoms with Crippen molar-refractivity contribution in [3.8, 4) is 17.2 Å². The van der Waals surface area contributed by atoms with Gasteiger partial charge >= 0.3 is 0 Å². The van der Waals surface area contributed by atoms with Crippen LogP contribution in [0.25, 0.3) is 16.3 Å². The van der Waals surface area contributed by atoms with E-state index in [0.717, 1.165) is 20.8 Å². The summed E-state index contributed by atoms with van der Waals surface area (Å²) in [5.41, 5.74) is 1.81. The lowest BCUT2D eigenvalue weighted by atomic mass is 10.1. The molecule has 0 aliphatic carbocycles. The van der Waals surface area contributed by atoms with E-state index in [4.69, 9.17) is 14.2 Å². The molecule has 7 heteroatoms. The summed E-state index contributed by atoms with van der Waals surface area (Å²) in [6.45, 7) is 0.446. The Kier molecular flexibility index (Phi) is 6.49. The second kappa shape index (κ2) is 9.23. The Morgan fingerprint density at radius 2 is 1.82 bits per heavy atom. The molecule has 1 N–H and O–H groups in total. The zero-order valence-electron chi connectivity index (χ0n) is 16.0. The molecule has 1 heterocycles. The third-order valence-electron chi connectivity index (χ3n) is 4.18. The zero-order chi connectivity index (χ0) is 19.9. The molecule has 0 saturated heterocycles. The van der Waals surface area contributed by atoms with E-state index >= 15 is 0 Å². The molecule has 0 radical (unpaired) electrons. The van der Waals surface area contributed by atoms with Gasteiger partial charge in [-0.15, -0.1) is 11.3 Å². The summed E-state index contributed by atoms with van der Waals surface area (Å²) in [6.07, 6.45) is 3.80. The van der Waals surface area contributed by atoms with E-state index in [2.05, 4.69) is 10.3 Å². The van der Waals surface area contributed by atoms with Gasteiger partial charge in [-0.1, -0.05) is 12.1 Å². The number of thiazole rings is 1. The average Bonchev–Trinajstić information content (AvgIpc) is 3.15. The first-order valence-electron chi connectivity index (χ1n) is 8.75. The first-order valence-corrected chi connectivity index (χ1v) is 9.56. The van der Waals surface area contributed by atoms with Crippen molar-refractivity contribution in [2.75, 3.05) is 27.9 Å². The minimum absolute atomic E-state index is 0.175. The molecule has 146 valence electrons. The predicted octanol–water partition coefficient (Wildman–Crippen LogP) is 3.69. The van der Waals surface area contributed by atoms with Crippen LogP contribution >= 0.6 is 11.3 Å². The summed E-state index contributed by atoms with van der Waals surface area (Å²) >= 11 is 1.55. The number of para-hydroxylation sites is 1. The fourth-order valence-electron chi connectivity index (χ4n) is 2.80. The van der Waals surface area contributed by atoms with Crippen LogP contribution in [0.1, 0.15) is 10.6 Å². The summed E-state index contributed by atoms with van der Waals surface area (Å²) in [5, 5.41) is 3.68. The number of amides is 1. The summed E-state index contributed by atoms with van der Waals surface area (Å²) in [4.78, 5) is 16.6. The van der Waals surface area contributed by atoms with Crippen LogP contribution in [0.2, 0.25) is 0 Å². The number of ether oxygens (including phenoxy) is 3. The number of benzene rings is 2. The SMILES string of the molecule is COc1cc(OC)c(CCNC(=O)/C=C/c2nc3ccccc3s2)c(OC)c1. The van der Waals surface area contributed by atoms with E-state index in [-0.39, 0.29) is 5.91 Å². The Balaban J connectivity index is 1.60. The number of methoxy groups -OCH3 is 3. The van der Waals surface area contributed by atoms with Gasteiger partial charge in [0.05, 0.1) is 31.5 Å². The van der Waals surface area contributed by atoms with Crippen LogP contribution in [0, 0.1) is 0 Å². The molecule has 0 aliphatic heterocycles. The smallest absolute Gasteiger partial charge is 0.244 e. The van der Waals surface area contributed by atoms with Gasteiger partial charge < -0.3 is 19.5 Å². The van der Waals surface area contributed by atoms with Crippen molar-refractivity contribution in [2.24, 2.45) is 0 Å². The molecule has 6 nitrogen and oxygen atoms in total. The first kappa shape index (κ1) is 19.7. The fraction of sp³-hybridized carbons (Fsp3) is 0.238. The van der Waals surface area contributed by atoms with Crippen molar-refractivity contribution >= 4 is 33.5 Å². The number of hydrogen-bond acceptors (Lipinski definition) is 6. The summed E-state index contributed by atoms with van der Waals surface area (Å²) in [7, 11) is 4.78. The predicted molar refractivity (Wildman–Crippen MR) is 111 cm³/mol. The molecule has 3 aromatic rings. The monoisotopic (exact) mass is 398 g/mol. The number of fused-ring (bicyclic) bond motifs is 1. The van der Waals surface area contributed by atoms with E-state index in [1.165, 1.54) is 6.08 Å². The lowest BCUT2D eigenvalue weighted by Gasteiger charge is -2.15. The first-order chi connectivity index (χ1) is 13.6. The highest BCUT2D eigenvalue weighted by molar-refractivity contribution is 7.19. The number of aromatic nitrogens is 1. The van der Waals surface area contributed by atoms with E-state index in [1.807, 2.05) is 24.3 Å². The lowest BCUT2D eigenvalue weighted by molar-refractivity contribution is -0.116. The highest BCUT2D eigenvalue weighted by atomic mass is 32.1. The normalized spacial score (nSPS) is 11.0. The van der Waals surface area contributed by atoms with Gasteiger partial charge in [0.25, 0.3) is 0 Å². The maximum Gasteiger partial charge on any atom is 0.244 e. The maximum atomic E-state index is 12.1. The molecule has 0 unspecified atom stereocenters. The van der Waals surface area contributed by atoms with Crippen molar-refractivity contribution in [1.29, 1.82) is 0 Å². The second-order valence-corrected chi connectivity index (χ2v) is 6.97. The van der Waals surface area contributed by atoms with Crippen LogP contribution < -0.4 is 19.5 Å². The van der Waals surface area contributed by atoms with Gasteiger partial charge in [-0.3, -0.25) is 4.79 Å². The molecule has 1 amide bonds. The minimum atomic E-state index is -0.175. The minimum Gasteiger partial charge on any atom is -0.496 e. The van der Waals surface area contributed by atoms with E-state index in [0.29, 0.717) is 30.2 Å². The van der Waals surface area contributed by atoms with Crippen molar-refractivity contribution in [3.05, 3.63) is 53.0 Å². The molecule has 2 aromatic carbocycles. The molecular formula is C21H22N2O4S. The van der Waals surface area contributed by atoms with Gasteiger partial charge in [-0.05, 0) is 24.6 Å². The van der Waals surface area contributed by atoms with Gasteiger partial charge in [-0.2, -0.15) is 0 Å². The Bertz CT molecular complexity index is 939. The van der Waals surface area contributed by atoms with Crippen molar-refractivity contribution in [2.45, 2.75) is 6.42 Å². The quantitative estimate of drug-likeness (QED) is 0.586. The fourth-order valence-corrected chi connectivity index (χ4v) is 3.67. The molecule has 0 atom stereocenters. The molecule has 0 saturated carbocycles. The van der Waals surface area contributed by atoms with Crippen LogP contribution in [-0.2, 0) is 11.2 Å². The molecule has 0 spiro atoms. The molecule has 0 bridgehead atoms. The molecule has 1 aromatic heterocycles. The molecular weight excluding hydrogens is 376 g/mol. The van der Waals surface area contributed by atoms with E-state index in [9.17, 15) is 4.79 Å². The van der Waals surface area contributed by atoms with Gasteiger partial charge in [-0.25, -0.2) is 4.98 Å². The molecule has 28 heavy (non-hydrogen) atoms. The molecule has 0 aliphatic rings. The van der Waals surface area contributed by atoms with Crippen LogP contribution in [0.4, 0.5) is 0 Å². The number of nitrogens with one attached hydrogen (secondary N) is 1. The average molecular weight is 398 g/mol. The van der Waals surface area contributed by atoms with Gasteiger partial charge in [0, 0.05) is 30.3 Å². The van der Waals surface area contributed by atoms with Crippen molar-refractivity contribution < 1.29 is 19.0 Å². The van der Waals surface area contributed by atoms with Crippen LogP contribution in [-0.4, -0.2) is 38.8 Å². The van der Waals surface area contributed by atoms with E-state index in [1.54, 1.807) is 50.9 Å². The topological polar surface area (TPSA) is 69.7 Å². The lowest BCUT2D eigenvalue weighted by Crippen LogP contribution is -2.23. The summed E-state index contributed by atoms with van der Waals surface area (Å²) in [5.74, 6) is 1.80. The molecule has 0 fully saturated rings. The Labute approximate surface area is 167 Å². The highest BCUT2D eigenvalue weighted by Gasteiger charge is 2.13. The summed E-state index contributed by atoms with van der Waals surface area (Å²) in [6, 6.07) is 11.5. The molecule has 3 rings (SSSR count). The van der Waals surface area contributed by atoms with Crippen LogP contribution in [0.5, 0.6) is 17.2 Å². The highest BCUT2D eigenvalue weighted by Crippen LogP contribution is 2.34. The number of rotatable bonds is 8. The number of carbonyl (C=O) groups excluding carboxylic acids is 1. The second-order valence-electron chi connectivity index (χ2n) is 5.90. The van der Waals surface area contributed by atoms with Crippen molar-refractivity contribution in [1.82, 2.24) is 10.3 Å². The van der Waals surface area contributed by atoms with Gasteiger partial charge in [0.1, 0.15) is 22.3 Å². The van der Waals surface area contributed by atoms with Crippen molar-refractivity contribution in [3.63, 3.8) is 0 Å². The van der Waals surface area contributed by atoms with Crippen LogP contribution in [0.3, 0.4) is 0 Å². The van der Waals surface area contributed by atoms with Crippen LogP contribution in [0.15, 0.2) is 42.5 Å². The summed E-state index contributed by atoms with van der Waals surface area (Å²) < 4.78 is 17.2. The van der Waals surface area contributed by atoms with Gasteiger partial charge in [0.2, 0.25) is 5.91 Å². The maximum absolute atomic E-state index is 12.1. The van der Waals surface area contributed by atoms with E-state index < -0.39 is 0 Å². The zero-order valence-corrected chi connectivity index (χ0v) is 16.8. The Morgan fingerprint density at radius 3 is 2.46 bits per heavy atom. The Hall–Kier alpha value is -3.06. The third-order valence-corrected chi connectivity index (χ3v) is 5.18. The standard InChI is InChI=1S/C21H22N2O4S/c1-25-14-12-17(26-2)15(18(13-14)27-3)10-11-22-20(24)8-9-21-23-16-6-4-5-7-19(16)28-21/h4-9,12-13H,10-11H2,1-3H3,(H,22,24)/b9-8+. The number of hydrogen-bond donors (Lipinski definition) is 1. The largest absolute Gasteiger partial charge is 0.496 e. The Morgan fingerprint density at radius 1 is 1.11 bits per heavy atom. The number of carbonyl (C=O) groups is 1. The third kappa shape index (κ3) is 4.61. The van der Waals surface area contributed by atoms with Gasteiger partial charge in [0.15, 0.2) is 0 Å². The number of nitrogens with zero attached hydrogens (tertiary/aromatic N) is 1.